The zero-order chi connectivity index (χ0) is 18.7. The number of anilines is 1. The molecule has 2 aromatic rings. The molecule has 2 aliphatic rings. The second kappa shape index (κ2) is 5.82. The highest BCUT2D eigenvalue weighted by molar-refractivity contribution is 7.88. The number of aromatic nitrogens is 4. The Labute approximate surface area is 149 Å². The molecule has 2 aliphatic heterocycles. The summed E-state index contributed by atoms with van der Waals surface area (Å²) < 4.78 is 45.1. The third-order valence-electron chi connectivity index (χ3n) is 4.33. The van der Waals surface area contributed by atoms with Crippen LogP contribution in [-0.4, -0.2) is 64.8 Å². The van der Waals surface area contributed by atoms with Crippen molar-refractivity contribution >= 4 is 27.0 Å². The van der Waals surface area contributed by atoms with E-state index in [1.54, 1.807) is 24.7 Å². The molecule has 12 heteroatoms. The lowest BCUT2D eigenvalue weighted by Gasteiger charge is -2.24. The molecule has 4 rings (SSSR count). The first-order chi connectivity index (χ1) is 12.1. The van der Waals surface area contributed by atoms with Crippen molar-refractivity contribution in [3.63, 3.8) is 0 Å². The molecule has 142 valence electrons. The van der Waals surface area contributed by atoms with E-state index in [0.29, 0.717) is 11.2 Å². The van der Waals surface area contributed by atoms with Crippen LogP contribution in [0.2, 0.25) is 0 Å². The van der Waals surface area contributed by atoms with Crippen LogP contribution in [-0.2, 0) is 24.2 Å². The number of hydrogen-bond donors (Lipinski definition) is 2. The molecule has 0 aliphatic carbocycles. The molecule has 0 saturated carbocycles. The van der Waals surface area contributed by atoms with Gasteiger partial charge in [0.2, 0.25) is 10.0 Å². The number of imidazole rings is 1. The largest absolute Gasteiger partial charge is 0.382 e. The zero-order valence-corrected chi connectivity index (χ0v) is 15.3. The Morgan fingerprint density at radius 2 is 2.00 bits per heavy atom. The average Bonchev–Trinajstić information content (AvgIpc) is 3.16. The van der Waals surface area contributed by atoms with Crippen molar-refractivity contribution < 1.29 is 22.6 Å². The Bertz CT molecular complexity index is 944. The summed E-state index contributed by atoms with van der Waals surface area (Å²) in [5, 5.41) is 0. The van der Waals surface area contributed by atoms with E-state index < -0.39 is 40.4 Å². The number of ether oxygens (including phenoxy) is 3. The molecule has 2 fully saturated rings. The molecule has 2 saturated heterocycles. The average molecular weight is 384 g/mol. The Kier molecular flexibility index (Phi) is 3.93. The van der Waals surface area contributed by atoms with Crippen molar-refractivity contribution in [1.82, 2.24) is 24.2 Å². The molecule has 0 unspecified atom stereocenters. The maximum absolute atomic E-state index is 11.4. The lowest BCUT2D eigenvalue weighted by atomic mass is 10.1. The maximum atomic E-state index is 11.4. The predicted octanol–water partition coefficient (Wildman–Crippen LogP) is -0.625. The van der Waals surface area contributed by atoms with Gasteiger partial charge in [-0.3, -0.25) is 4.57 Å². The van der Waals surface area contributed by atoms with E-state index in [1.165, 1.54) is 6.33 Å². The number of nitrogens with two attached hydrogens (primary N) is 1. The summed E-state index contributed by atoms with van der Waals surface area (Å²) in [6, 6.07) is 0. The molecule has 0 spiro atoms. The highest BCUT2D eigenvalue weighted by Gasteiger charge is 2.56. The van der Waals surface area contributed by atoms with Crippen LogP contribution >= 0.6 is 0 Å². The second-order valence-corrected chi connectivity index (χ2v) is 8.67. The van der Waals surface area contributed by atoms with Gasteiger partial charge in [-0.1, -0.05) is 0 Å². The number of fused-ring (bicyclic) bond motifs is 2. The first-order valence-electron chi connectivity index (χ1n) is 8.03. The van der Waals surface area contributed by atoms with Crippen molar-refractivity contribution in [2.45, 2.75) is 44.2 Å². The van der Waals surface area contributed by atoms with Crippen LogP contribution in [0.3, 0.4) is 0 Å². The van der Waals surface area contributed by atoms with Crippen LogP contribution in [0.15, 0.2) is 12.7 Å². The SMILES string of the molecule is CC1(C)O[C@@H]2[C@H](O1)[C@H](CNS(C)(=O)=O)O[C@@H]2n1cnc2c(N)ncnc21. The molecule has 3 N–H and O–H groups in total. The first kappa shape index (κ1) is 17.5. The van der Waals surface area contributed by atoms with Crippen LogP contribution in [0.4, 0.5) is 5.82 Å². The van der Waals surface area contributed by atoms with E-state index in [9.17, 15) is 8.42 Å². The van der Waals surface area contributed by atoms with Gasteiger partial charge in [0, 0.05) is 6.54 Å². The fourth-order valence-corrected chi connectivity index (χ4v) is 3.80. The first-order valence-corrected chi connectivity index (χ1v) is 9.92. The number of nitrogens with one attached hydrogen (secondary N) is 1. The summed E-state index contributed by atoms with van der Waals surface area (Å²) in [5.74, 6) is -0.548. The Balaban J connectivity index is 1.68. The summed E-state index contributed by atoms with van der Waals surface area (Å²) >= 11 is 0. The van der Waals surface area contributed by atoms with Crippen molar-refractivity contribution in [3.8, 4) is 0 Å². The normalized spacial score (nSPS) is 30.7. The second-order valence-electron chi connectivity index (χ2n) is 6.83. The summed E-state index contributed by atoms with van der Waals surface area (Å²) in [6.45, 7) is 3.67. The van der Waals surface area contributed by atoms with Gasteiger partial charge in [0.05, 0.1) is 12.6 Å². The van der Waals surface area contributed by atoms with E-state index in [0.717, 1.165) is 6.26 Å². The minimum atomic E-state index is -3.36. The van der Waals surface area contributed by atoms with Crippen LogP contribution < -0.4 is 10.5 Å². The van der Waals surface area contributed by atoms with Gasteiger partial charge in [-0.15, -0.1) is 0 Å². The quantitative estimate of drug-likeness (QED) is 0.704. The predicted molar refractivity (Wildman–Crippen MR) is 90.3 cm³/mol. The van der Waals surface area contributed by atoms with E-state index >= 15 is 0 Å². The van der Waals surface area contributed by atoms with Gasteiger partial charge < -0.3 is 19.9 Å². The fraction of sp³-hybridized carbons (Fsp3) is 0.643. The Hall–Kier alpha value is -1.86. The summed E-state index contributed by atoms with van der Waals surface area (Å²) in [6.07, 6.45) is 1.98. The van der Waals surface area contributed by atoms with E-state index in [4.69, 9.17) is 19.9 Å². The van der Waals surface area contributed by atoms with Crippen LogP contribution in [0, 0.1) is 0 Å². The Morgan fingerprint density at radius 1 is 1.27 bits per heavy atom. The van der Waals surface area contributed by atoms with E-state index in [1.807, 2.05) is 0 Å². The third kappa shape index (κ3) is 3.03. The molecule has 11 nitrogen and oxygen atoms in total. The molecule has 26 heavy (non-hydrogen) atoms. The number of sulfonamides is 1. The van der Waals surface area contributed by atoms with Gasteiger partial charge in [0.25, 0.3) is 0 Å². The third-order valence-corrected chi connectivity index (χ3v) is 5.02. The van der Waals surface area contributed by atoms with Gasteiger partial charge in [0.15, 0.2) is 23.5 Å². The molecular formula is C14H20N6O5S. The van der Waals surface area contributed by atoms with Gasteiger partial charge >= 0.3 is 0 Å². The molecule has 0 amide bonds. The maximum Gasteiger partial charge on any atom is 0.208 e. The number of nitrogen functional groups attached to an aromatic ring is 1. The lowest BCUT2D eigenvalue weighted by Crippen LogP contribution is -2.39. The van der Waals surface area contributed by atoms with Crippen molar-refractivity contribution in [3.05, 3.63) is 12.7 Å². The summed E-state index contributed by atoms with van der Waals surface area (Å²) in [4.78, 5) is 12.4. The van der Waals surface area contributed by atoms with E-state index in [-0.39, 0.29) is 12.4 Å². The van der Waals surface area contributed by atoms with Gasteiger partial charge in [0.1, 0.15) is 30.2 Å². The zero-order valence-electron chi connectivity index (χ0n) is 14.5. The van der Waals surface area contributed by atoms with Gasteiger partial charge in [-0.05, 0) is 13.8 Å². The van der Waals surface area contributed by atoms with Crippen molar-refractivity contribution in [2.24, 2.45) is 0 Å². The van der Waals surface area contributed by atoms with Crippen molar-refractivity contribution in [1.29, 1.82) is 0 Å². The molecular weight excluding hydrogens is 364 g/mol. The fourth-order valence-electron chi connectivity index (χ4n) is 3.34. The topological polar surface area (TPSA) is 143 Å². The minimum absolute atomic E-state index is 0.0691. The number of rotatable bonds is 4. The Morgan fingerprint density at radius 3 is 2.73 bits per heavy atom. The summed E-state index contributed by atoms with van der Waals surface area (Å²) in [7, 11) is -3.36. The highest BCUT2D eigenvalue weighted by Crippen LogP contribution is 2.43. The molecule has 0 radical (unpaired) electrons. The van der Waals surface area contributed by atoms with Crippen LogP contribution in [0.25, 0.3) is 11.2 Å². The molecule has 4 heterocycles. The van der Waals surface area contributed by atoms with Gasteiger partial charge in [-0.25, -0.2) is 28.1 Å². The van der Waals surface area contributed by atoms with Crippen molar-refractivity contribution in [2.75, 3.05) is 18.5 Å². The highest BCUT2D eigenvalue weighted by atomic mass is 32.2. The number of hydrogen-bond acceptors (Lipinski definition) is 9. The monoisotopic (exact) mass is 384 g/mol. The summed E-state index contributed by atoms with van der Waals surface area (Å²) in [5.41, 5.74) is 6.81. The molecule has 4 atom stereocenters. The molecule has 2 aromatic heterocycles. The van der Waals surface area contributed by atoms with Gasteiger partial charge in [-0.2, -0.15) is 0 Å². The minimum Gasteiger partial charge on any atom is -0.382 e. The smallest absolute Gasteiger partial charge is 0.208 e. The number of nitrogens with zero attached hydrogens (tertiary/aromatic N) is 4. The molecule has 0 bridgehead atoms. The lowest BCUT2D eigenvalue weighted by molar-refractivity contribution is -0.195. The van der Waals surface area contributed by atoms with Crippen LogP contribution in [0.5, 0.6) is 0 Å². The standard InChI is InChI=1S/C14H20N6O5S/c1-14(2)24-9-7(4-19-26(3,21)22)23-13(10(9)25-14)20-6-18-8-11(15)16-5-17-12(8)20/h5-7,9-10,13,19H,4H2,1-3H3,(H2,15,16,17)/t7-,9+,10+,13-/m0/s1. The molecule has 0 aromatic carbocycles. The van der Waals surface area contributed by atoms with Crippen LogP contribution in [0.1, 0.15) is 20.1 Å². The van der Waals surface area contributed by atoms with E-state index in [2.05, 4.69) is 19.7 Å².